The number of fused-ring (bicyclic) bond motifs is 1. The number of benzene rings is 3. The molecule has 2 aliphatic heterocycles. The van der Waals surface area contributed by atoms with E-state index in [1.807, 2.05) is 37.3 Å². The molecule has 2 saturated heterocycles. The van der Waals surface area contributed by atoms with E-state index in [4.69, 9.17) is 9.57 Å². The molecule has 7 nitrogen and oxygen atoms in total. The lowest BCUT2D eigenvalue weighted by atomic mass is 9.90. The van der Waals surface area contributed by atoms with Crippen LogP contribution in [0.15, 0.2) is 78.9 Å². The van der Waals surface area contributed by atoms with Crippen LogP contribution in [0.5, 0.6) is 11.5 Å². The van der Waals surface area contributed by atoms with E-state index in [9.17, 15) is 14.7 Å². The van der Waals surface area contributed by atoms with E-state index in [-0.39, 0.29) is 11.7 Å². The molecule has 2 amide bonds. The third-order valence-electron chi connectivity index (χ3n) is 5.95. The van der Waals surface area contributed by atoms with Gasteiger partial charge >= 0.3 is 0 Å². The second-order valence-electron chi connectivity index (χ2n) is 8.07. The van der Waals surface area contributed by atoms with Gasteiger partial charge in [-0.25, -0.2) is 9.96 Å². The molecule has 0 saturated carbocycles. The molecule has 3 unspecified atom stereocenters. The topological polar surface area (TPSA) is 79.3 Å². The molecule has 0 bridgehead atoms. The minimum absolute atomic E-state index is 0.0452. The van der Waals surface area contributed by atoms with Crippen molar-refractivity contribution in [3.05, 3.63) is 84.4 Å². The number of hydroxylamine groups is 1. The van der Waals surface area contributed by atoms with Crippen molar-refractivity contribution < 1.29 is 24.3 Å². The molecule has 3 atom stereocenters. The lowest BCUT2D eigenvalue weighted by Gasteiger charge is -2.29. The second kappa shape index (κ2) is 8.60. The highest BCUT2D eigenvalue weighted by Gasteiger charge is 2.60. The SMILES string of the molecule is CCCOc1ccc(N2C(=O)C3ON(c4ccccc4)C(c4ccccc4O)C3C2=O)cc1. The number of rotatable bonds is 6. The molecular weight excluding hydrogens is 420 g/mol. The monoisotopic (exact) mass is 444 g/mol. The Balaban J connectivity index is 1.51. The molecule has 0 radical (unpaired) electrons. The van der Waals surface area contributed by atoms with Crippen molar-refractivity contribution in [2.45, 2.75) is 25.5 Å². The predicted molar refractivity (Wildman–Crippen MR) is 123 cm³/mol. The number of hydrogen-bond acceptors (Lipinski definition) is 6. The molecule has 0 spiro atoms. The third kappa shape index (κ3) is 3.60. The van der Waals surface area contributed by atoms with Gasteiger partial charge in [0.2, 0.25) is 5.91 Å². The van der Waals surface area contributed by atoms with E-state index in [0.29, 0.717) is 29.3 Å². The second-order valence-corrected chi connectivity index (χ2v) is 8.07. The van der Waals surface area contributed by atoms with Crippen molar-refractivity contribution in [1.82, 2.24) is 0 Å². The zero-order chi connectivity index (χ0) is 22.9. The quantitative estimate of drug-likeness (QED) is 0.573. The number of anilines is 2. The fourth-order valence-electron chi connectivity index (χ4n) is 4.43. The summed E-state index contributed by atoms with van der Waals surface area (Å²) < 4.78 is 5.60. The van der Waals surface area contributed by atoms with Gasteiger partial charge in [0.15, 0.2) is 6.10 Å². The highest BCUT2D eigenvalue weighted by atomic mass is 16.7. The molecule has 1 N–H and O–H groups in total. The van der Waals surface area contributed by atoms with Crippen LogP contribution in [0.1, 0.15) is 24.9 Å². The molecule has 168 valence electrons. The normalized spacial score (nSPS) is 22.0. The lowest BCUT2D eigenvalue weighted by Crippen LogP contribution is -2.37. The maximum Gasteiger partial charge on any atom is 0.266 e. The van der Waals surface area contributed by atoms with E-state index < -0.39 is 24.0 Å². The van der Waals surface area contributed by atoms with Gasteiger partial charge in [-0.1, -0.05) is 43.3 Å². The van der Waals surface area contributed by atoms with E-state index in [2.05, 4.69) is 0 Å². The summed E-state index contributed by atoms with van der Waals surface area (Å²) in [5.74, 6) is -0.866. The number of carbonyl (C=O) groups is 2. The average molecular weight is 444 g/mol. The van der Waals surface area contributed by atoms with E-state index >= 15 is 0 Å². The smallest absolute Gasteiger partial charge is 0.266 e. The summed E-state index contributed by atoms with van der Waals surface area (Å²) in [6.07, 6.45) is -0.102. The first-order valence-electron chi connectivity index (χ1n) is 11.0. The average Bonchev–Trinajstić information content (AvgIpc) is 3.35. The Morgan fingerprint density at radius 2 is 1.58 bits per heavy atom. The van der Waals surface area contributed by atoms with Crippen molar-refractivity contribution in [2.24, 2.45) is 5.92 Å². The van der Waals surface area contributed by atoms with Gasteiger partial charge in [-0.3, -0.25) is 14.4 Å². The summed E-state index contributed by atoms with van der Waals surface area (Å²) in [6.45, 7) is 2.62. The summed E-state index contributed by atoms with van der Waals surface area (Å²) in [5, 5.41) is 12.2. The van der Waals surface area contributed by atoms with Crippen LogP contribution in [0, 0.1) is 5.92 Å². The van der Waals surface area contributed by atoms with E-state index in [1.165, 1.54) is 4.90 Å². The van der Waals surface area contributed by atoms with Gasteiger partial charge in [-0.2, -0.15) is 0 Å². The van der Waals surface area contributed by atoms with Crippen LogP contribution in [-0.2, 0) is 14.4 Å². The predicted octanol–water partition coefficient (Wildman–Crippen LogP) is 4.23. The number of carbonyl (C=O) groups excluding carboxylic acids is 2. The first-order chi connectivity index (χ1) is 16.1. The highest BCUT2D eigenvalue weighted by molar-refractivity contribution is 6.24. The number of nitrogens with zero attached hydrogens (tertiary/aromatic N) is 2. The van der Waals surface area contributed by atoms with Crippen molar-refractivity contribution in [2.75, 3.05) is 16.6 Å². The molecule has 7 heteroatoms. The van der Waals surface area contributed by atoms with Crippen molar-refractivity contribution in [3.8, 4) is 11.5 Å². The summed E-state index contributed by atoms with van der Waals surface area (Å²) >= 11 is 0. The van der Waals surface area contributed by atoms with Crippen LogP contribution >= 0.6 is 0 Å². The zero-order valence-corrected chi connectivity index (χ0v) is 18.1. The Labute approximate surface area is 191 Å². The molecule has 3 aromatic rings. The molecule has 33 heavy (non-hydrogen) atoms. The van der Waals surface area contributed by atoms with Crippen molar-refractivity contribution in [1.29, 1.82) is 0 Å². The van der Waals surface area contributed by atoms with E-state index in [0.717, 1.165) is 6.42 Å². The number of para-hydroxylation sites is 2. The van der Waals surface area contributed by atoms with E-state index in [1.54, 1.807) is 53.6 Å². The summed E-state index contributed by atoms with van der Waals surface area (Å²) in [5.41, 5.74) is 1.69. The van der Waals surface area contributed by atoms with Crippen LogP contribution in [0.25, 0.3) is 0 Å². The van der Waals surface area contributed by atoms with Crippen LogP contribution < -0.4 is 14.7 Å². The minimum Gasteiger partial charge on any atom is -0.508 e. The first-order valence-corrected chi connectivity index (χ1v) is 11.0. The van der Waals surface area contributed by atoms with Gasteiger partial charge < -0.3 is 9.84 Å². The minimum atomic E-state index is -0.988. The summed E-state index contributed by atoms with van der Waals surface area (Å²) in [6, 6.07) is 22.3. The van der Waals surface area contributed by atoms with Gasteiger partial charge in [-0.05, 0) is 48.9 Å². The van der Waals surface area contributed by atoms with Crippen LogP contribution in [0.3, 0.4) is 0 Å². The molecule has 2 aliphatic rings. The molecule has 2 fully saturated rings. The molecule has 0 aliphatic carbocycles. The number of amides is 2. The molecule has 2 heterocycles. The largest absolute Gasteiger partial charge is 0.508 e. The summed E-state index contributed by atoms with van der Waals surface area (Å²) in [4.78, 5) is 34.2. The Morgan fingerprint density at radius 3 is 2.27 bits per heavy atom. The Bertz CT molecular complexity index is 1160. The number of hydrogen-bond donors (Lipinski definition) is 1. The molecule has 5 rings (SSSR count). The maximum atomic E-state index is 13.6. The van der Waals surface area contributed by atoms with Gasteiger partial charge in [-0.15, -0.1) is 0 Å². The summed E-state index contributed by atoms with van der Waals surface area (Å²) in [7, 11) is 0. The number of phenolic OH excluding ortho intramolecular Hbond substituents is 1. The maximum absolute atomic E-state index is 13.6. The lowest BCUT2D eigenvalue weighted by molar-refractivity contribution is -0.126. The number of aromatic hydroxyl groups is 1. The Hall–Kier alpha value is -3.84. The van der Waals surface area contributed by atoms with Gasteiger partial charge in [0.05, 0.1) is 24.0 Å². The van der Waals surface area contributed by atoms with Crippen LogP contribution in [-0.4, -0.2) is 29.6 Å². The van der Waals surface area contributed by atoms with Gasteiger partial charge in [0, 0.05) is 5.56 Å². The molecular formula is C26H24N2O5. The van der Waals surface area contributed by atoms with Gasteiger partial charge in [0.25, 0.3) is 5.91 Å². The zero-order valence-electron chi connectivity index (χ0n) is 18.1. The Morgan fingerprint density at radius 1 is 0.879 bits per heavy atom. The fraction of sp³-hybridized carbons (Fsp3) is 0.231. The molecule has 0 aromatic heterocycles. The number of ether oxygens (including phenoxy) is 1. The first kappa shape index (κ1) is 21.0. The van der Waals surface area contributed by atoms with Crippen molar-refractivity contribution in [3.63, 3.8) is 0 Å². The highest BCUT2D eigenvalue weighted by Crippen LogP contribution is 2.49. The van der Waals surface area contributed by atoms with Gasteiger partial charge in [0.1, 0.15) is 17.4 Å². The third-order valence-corrected chi connectivity index (χ3v) is 5.95. The standard InChI is InChI=1S/C26H24N2O5/c1-2-16-32-19-14-12-17(13-15-19)27-25(30)22-23(20-10-6-7-11-21(20)29)28(33-24(22)26(27)31)18-8-4-3-5-9-18/h3-15,22-24,29H,2,16H2,1H3. The number of phenols is 1. The van der Waals surface area contributed by atoms with Crippen LogP contribution in [0.4, 0.5) is 11.4 Å². The van der Waals surface area contributed by atoms with Crippen LogP contribution in [0.2, 0.25) is 0 Å². The molecule has 3 aromatic carbocycles. The Kier molecular flexibility index (Phi) is 5.48. The number of imide groups is 1. The fourth-order valence-corrected chi connectivity index (χ4v) is 4.43. The van der Waals surface area contributed by atoms with Crippen molar-refractivity contribution >= 4 is 23.2 Å².